The van der Waals surface area contributed by atoms with E-state index in [4.69, 9.17) is 10.9 Å². The summed E-state index contributed by atoms with van der Waals surface area (Å²) in [6.07, 6.45) is 6.19. The second-order valence-corrected chi connectivity index (χ2v) is 8.96. The number of urea groups is 1. The topological polar surface area (TPSA) is 111 Å². The minimum absolute atomic E-state index is 0.318. The molecule has 0 unspecified atom stereocenters. The first-order chi connectivity index (χ1) is 13.0. The number of amides is 2. The van der Waals surface area contributed by atoms with Crippen molar-refractivity contribution in [2.45, 2.75) is 50.0 Å². The van der Waals surface area contributed by atoms with Gasteiger partial charge in [0, 0.05) is 12.2 Å². The van der Waals surface area contributed by atoms with Crippen molar-refractivity contribution >= 4 is 21.6 Å². The van der Waals surface area contributed by atoms with Gasteiger partial charge in [-0.25, -0.2) is 14.1 Å². The SMILES string of the molecule is NCc1ccc([S@](N)(=O)=NC(=O)Nc2c3c(cc4c2CCC4)CCC3)cc1. The van der Waals surface area contributed by atoms with E-state index in [1.165, 1.54) is 22.3 Å². The highest BCUT2D eigenvalue weighted by atomic mass is 32.2. The van der Waals surface area contributed by atoms with Crippen LogP contribution in [-0.4, -0.2) is 10.2 Å². The van der Waals surface area contributed by atoms with Crippen LogP contribution in [0.1, 0.15) is 40.7 Å². The molecule has 2 aliphatic carbocycles. The lowest BCUT2D eigenvalue weighted by atomic mass is 9.99. The van der Waals surface area contributed by atoms with E-state index in [1.807, 2.05) is 0 Å². The van der Waals surface area contributed by atoms with Gasteiger partial charge in [-0.2, -0.15) is 0 Å². The van der Waals surface area contributed by atoms with Gasteiger partial charge in [0.15, 0.2) is 0 Å². The number of hydrogen-bond acceptors (Lipinski definition) is 3. The highest BCUT2D eigenvalue weighted by Crippen LogP contribution is 2.38. The number of rotatable bonds is 3. The molecule has 1 atom stereocenters. The molecule has 2 aromatic rings. The molecule has 27 heavy (non-hydrogen) atoms. The molecule has 0 saturated heterocycles. The minimum atomic E-state index is -3.31. The molecule has 7 heteroatoms. The molecule has 2 aliphatic rings. The molecule has 2 amide bonds. The molecule has 6 nitrogen and oxygen atoms in total. The smallest absolute Gasteiger partial charge is 0.326 e. The average Bonchev–Trinajstić information content (AvgIpc) is 3.30. The Labute approximate surface area is 159 Å². The van der Waals surface area contributed by atoms with Crippen LogP contribution in [0.25, 0.3) is 0 Å². The van der Waals surface area contributed by atoms with Crippen LogP contribution in [0.2, 0.25) is 0 Å². The van der Waals surface area contributed by atoms with Crippen molar-refractivity contribution < 1.29 is 9.00 Å². The lowest BCUT2D eigenvalue weighted by Crippen LogP contribution is -2.19. The third-order valence-corrected chi connectivity index (χ3v) is 6.80. The van der Waals surface area contributed by atoms with Crippen molar-refractivity contribution in [2.75, 3.05) is 5.32 Å². The van der Waals surface area contributed by atoms with Crippen molar-refractivity contribution in [3.8, 4) is 0 Å². The molecule has 2 aromatic carbocycles. The van der Waals surface area contributed by atoms with Crippen molar-refractivity contribution in [3.05, 3.63) is 58.1 Å². The van der Waals surface area contributed by atoms with Gasteiger partial charge in [-0.3, -0.25) is 0 Å². The van der Waals surface area contributed by atoms with Crippen molar-refractivity contribution in [1.29, 1.82) is 0 Å². The van der Waals surface area contributed by atoms with Gasteiger partial charge in [0.1, 0.15) is 9.92 Å². The van der Waals surface area contributed by atoms with Gasteiger partial charge < -0.3 is 11.1 Å². The van der Waals surface area contributed by atoms with Crippen molar-refractivity contribution in [3.63, 3.8) is 0 Å². The average molecular weight is 385 g/mol. The number of nitrogens with zero attached hydrogens (tertiary/aromatic N) is 1. The molecule has 0 fully saturated rings. The number of anilines is 1. The monoisotopic (exact) mass is 384 g/mol. The van der Waals surface area contributed by atoms with Crippen LogP contribution in [-0.2, 0) is 42.1 Å². The Hall–Kier alpha value is -2.22. The predicted octanol–water partition coefficient (Wildman–Crippen LogP) is 3.06. The fraction of sp³-hybridized carbons (Fsp3) is 0.350. The maximum atomic E-state index is 12.8. The van der Waals surface area contributed by atoms with Gasteiger partial charge in [-0.15, -0.1) is 4.36 Å². The number of carbonyl (C=O) groups excluding carboxylic acids is 1. The number of aryl methyl sites for hydroxylation is 2. The van der Waals surface area contributed by atoms with E-state index in [-0.39, 0.29) is 0 Å². The van der Waals surface area contributed by atoms with Crippen LogP contribution in [0.3, 0.4) is 0 Å². The Morgan fingerprint density at radius 2 is 1.63 bits per heavy atom. The van der Waals surface area contributed by atoms with Crippen LogP contribution >= 0.6 is 0 Å². The number of hydrogen-bond donors (Lipinski definition) is 3. The Morgan fingerprint density at radius 3 is 2.19 bits per heavy atom. The molecular weight excluding hydrogens is 360 g/mol. The molecule has 0 saturated carbocycles. The van der Waals surface area contributed by atoms with Crippen molar-refractivity contribution in [1.82, 2.24) is 0 Å². The summed E-state index contributed by atoms with van der Waals surface area (Å²) in [7, 11) is -3.31. The van der Waals surface area contributed by atoms with Gasteiger partial charge in [0.05, 0.1) is 4.90 Å². The second kappa shape index (κ2) is 7.07. The summed E-state index contributed by atoms with van der Waals surface area (Å²) in [5.41, 5.74) is 12.4. The van der Waals surface area contributed by atoms with Crippen LogP contribution in [0.15, 0.2) is 39.6 Å². The van der Waals surface area contributed by atoms with E-state index in [0.717, 1.165) is 49.8 Å². The van der Waals surface area contributed by atoms with E-state index < -0.39 is 15.9 Å². The molecule has 0 heterocycles. The molecule has 0 aliphatic heterocycles. The summed E-state index contributed by atoms with van der Waals surface area (Å²) in [6.45, 7) is 0.383. The van der Waals surface area contributed by atoms with E-state index in [0.29, 0.717) is 11.4 Å². The number of nitrogens with two attached hydrogens (primary N) is 2. The first kappa shape index (κ1) is 18.2. The Bertz CT molecular complexity index is 989. The van der Waals surface area contributed by atoms with Crippen LogP contribution in [0, 0.1) is 0 Å². The standard InChI is InChI=1S/C20H24N4O2S/c21-12-13-7-9-16(10-8-13)27(22,26)24-20(25)23-19-17-5-1-3-14(17)11-15-4-2-6-18(15)19/h7-11H,1-6,12,21H2,(H3,22,23,24,25,26)/t27-/m1/s1. The third kappa shape index (κ3) is 3.50. The molecule has 142 valence electrons. The zero-order valence-corrected chi connectivity index (χ0v) is 16.0. The predicted molar refractivity (Wildman–Crippen MR) is 107 cm³/mol. The van der Waals surface area contributed by atoms with E-state index in [1.54, 1.807) is 24.3 Å². The maximum Gasteiger partial charge on any atom is 0.354 e. The first-order valence-electron chi connectivity index (χ1n) is 9.29. The zero-order valence-electron chi connectivity index (χ0n) is 15.2. The molecule has 0 spiro atoms. The van der Waals surface area contributed by atoms with E-state index in [2.05, 4.69) is 15.7 Å². The summed E-state index contributed by atoms with van der Waals surface area (Å²) in [4.78, 5) is 12.9. The molecule has 0 bridgehead atoms. The first-order valence-corrected chi connectivity index (χ1v) is 10.9. The largest absolute Gasteiger partial charge is 0.354 e. The number of fused-ring (bicyclic) bond motifs is 2. The summed E-state index contributed by atoms with van der Waals surface area (Å²) >= 11 is 0. The maximum absolute atomic E-state index is 12.8. The number of benzene rings is 2. The summed E-state index contributed by atoms with van der Waals surface area (Å²) in [5.74, 6) is 0. The van der Waals surface area contributed by atoms with Gasteiger partial charge in [0.25, 0.3) is 0 Å². The van der Waals surface area contributed by atoms with Crippen LogP contribution in [0.5, 0.6) is 0 Å². The Morgan fingerprint density at radius 1 is 1.04 bits per heavy atom. The molecule has 4 rings (SSSR count). The zero-order chi connectivity index (χ0) is 19.0. The van der Waals surface area contributed by atoms with E-state index >= 15 is 0 Å². The highest BCUT2D eigenvalue weighted by molar-refractivity contribution is 7.91. The quantitative estimate of drug-likeness (QED) is 0.756. The lowest BCUT2D eigenvalue weighted by Gasteiger charge is -2.15. The molecule has 5 N–H and O–H groups in total. The van der Waals surface area contributed by atoms with Gasteiger partial charge in [-0.05, 0) is 78.5 Å². The molecule has 0 radical (unpaired) electrons. The summed E-state index contributed by atoms with van der Waals surface area (Å²) in [6, 6.07) is 8.35. The van der Waals surface area contributed by atoms with Crippen LogP contribution in [0.4, 0.5) is 10.5 Å². The summed E-state index contributed by atoms with van der Waals surface area (Å²) < 4.78 is 16.6. The highest BCUT2D eigenvalue weighted by Gasteiger charge is 2.25. The second-order valence-electron chi connectivity index (χ2n) is 7.17. The van der Waals surface area contributed by atoms with Gasteiger partial charge in [0.2, 0.25) is 0 Å². The normalized spacial score (nSPS) is 17.1. The van der Waals surface area contributed by atoms with Crippen LogP contribution < -0.4 is 16.2 Å². The van der Waals surface area contributed by atoms with Crippen molar-refractivity contribution in [2.24, 2.45) is 15.2 Å². The number of nitrogens with one attached hydrogen (secondary N) is 1. The summed E-state index contributed by atoms with van der Waals surface area (Å²) in [5, 5.41) is 8.79. The van der Waals surface area contributed by atoms with Gasteiger partial charge in [-0.1, -0.05) is 18.2 Å². The number of carbonyl (C=O) groups is 1. The third-order valence-electron chi connectivity index (χ3n) is 5.42. The fourth-order valence-electron chi connectivity index (χ4n) is 4.09. The fourth-order valence-corrected chi connectivity index (χ4v) is 5.02. The minimum Gasteiger partial charge on any atom is -0.326 e. The van der Waals surface area contributed by atoms with Gasteiger partial charge >= 0.3 is 6.03 Å². The molecular formula is C20H24N4O2S. The van der Waals surface area contributed by atoms with E-state index in [9.17, 15) is 9.00 Å². The molecule has 0 aromatic heterocycles. The Balaban J connectivity index is 1.65. The lowest BCUT2D eigenvalue weighted by molar-refractivity contribution is 0.260. The Kier molecular flexibility index (Phi) is 4.75.